The van der Waals surface area contributed by atoms with E-state index in [0.717, 1.165) is 18.7 Å². The fourth-order valence-electron chi connectivity index (χ4n) is 1.69. The number of amides is 1. The minimum absolute atomic E-state index is 0.195. The normalized spacial score (nSPS) is 22.4. The van der Waals surface area contributed by atoms with Gasteiger partial charge in [-0.25, -0.2) is 0 Å². The molecule has 68 valence electrons. The highest BCUT2D eigenvalue weighted by molar-refractivity contribution is 5.96. The Hall–Kier alpha value is -1.31. The summed E-state index contributed by atoms with van der Waals surface area (Å²) < 4.78 is 0. The average Bonchev–Trinajstić information content (AvgIpc) is 2.49. The lowest BCUT2D eigenvalue weighted by Gasteiger charge is -2.15. The van der Waals surface area contributed by atoms with E-state index in [4.69, 9.17) is 0 Å². The summed E-state index contributed by atoms with van der Waals surface area (Å²) in [6, 6.07) is 9.86. The van der Waals surface area contributed by atoms with Gasteiger partial charge in [-0.15, -0.1) is 0 Å². The van der Waals surface area contributed by atoms with Gasteiger partial charge in [-0.1, -0.05) is 25.1 Å². The molecule has 1 heterocycles. The van der Waals surface area contributed by atoms with Gasteiger partial charge in [0.15, 0.2) is 0 Å². The van der Waals surface area contributed by atoms with E-state index in [0.29, 0.717) is 0 Å². The van der Waals surface area contributed by atoms with Crippen LogP contribution in [0.5, 0.6) is 0 Å². The van der Waals surface area contributed by atoms with Crippen LogP contribution in [-0.2, 0) is 4.79 Å². The Bertz CT molecular complexity index is 307. The second-order valence-corrected chi connectivity index (χ2v) is 3.52. The third-order valence-corrected chi connectivity index (χ3v) is 2.54. The smallest absolute Gasteiger partial charge is 0.229 e. The van der Waals surface area contributed by atoms with Crippen molar-refractivity contribution in [2.45, 2.75) is 13.3 Å². The number of rotatable bonds is 1. The van der Waals surface area contributed by atoms with E-state index in [2.05, 4.69) is 0 Å². The van der Waals surface area contributed by atoms with Crippen molar-refractivity contribution in [1.82, 2.24) is 0 Å². The topological polar surface area (TPSA) is 20.3 Å². The Kier molecular flexibility index (Phi) is 2.05. The van der Waals surface area contributed by atoms with Crippen LogP contribution in [0.2, 0.25) is 0 Å². The molecule has 1 unspecified atom stereocenters. The molecule has 2 nitrogen and oxygen atoms in total. The highest BCUT2D eigenvalue weighted by atomic mass is 16.2. The maximum absolute atomic E-state index is 11.6. The highest BCUT2D eigenvalue weighted by Gasteiger charge is 2.28. The van der Waals surface area contributed by atoms with E-state index >= 15 is 0 Å². The molecule has 2 rings (SSSR count). The summed E-state index contributed by atoms with van der Waals surface area (Å²) >= 11 is 0. The molecular weight excluding hydrogens is 162 g/mol. The SMILES string of the molecule is CC1CCN(c2ccccc2)C1=O. The highest BCUT2D eigenvalue weighted by Crippen LogP contribution is 2.23. The van der Waals surface area contributed by atoms with Crippen molar-refractivity contribution in [2.24, 2.45) is 5.92 Å². The lowest BCUT2D eigenvalue weighted by molar-refractivity contribution is -0.119. The molecule has 0 saturated carbocycles. The van der Waals surface area contributed by atoms with Gasteiger partial charge >= 0.3 is 0 Å². The van der Waals surface area contributed by atoms with Crippen LogP contribution in [0.3, 0.4) is 0 Å². The van der Waals surface area contributed by atoms with Crippen LogP contribution in [0.15, 0.2) is 30.3 Å². The first kappa shape index (κ1) is 8.30. The van der Waals surface area contributed by atoms with Crippen LogP contribution in [-0.4, -0.2) is 12.5 Å². The van der Waals surface area contributed by atoms with Gasteiger partial charge in [0, 0.05) is 18.2 Å². The van der Waals surface area contributed by atoms with Crippen LogP contribution in [0.1, 0.15) is 13.3 Å². The van der Waals surface area contributed by atoms with Crippen molar-refractivity contribution >= 4 is 11.6 Å². The van der Waals surface area contributed by atoms with Crippen molar-refractivity contribution in [3.8, 4) is 0 Å². The Morgan fingerprint density at radius 2 is 2.00 bits per heavy atom. The summed E-state index contributed by atoms with van der Waals surface area (Å²) in [4.78, 5) is 13.5. The minimum atomic E-state index is 0.195. The maximum Gasteiger partial charge on any atom is 0.229 e. The first-order valence-corrected chi connectivity index (χ1v) is 4.65. The molecule has 1 atom stereocenters. The molecule has 1 aliphatic heterocycles. The number of anilines is 1. The van der Waals surface area contributed by atoms with Gasteiger partial charge in [-0.3, -0.25) is 4.79 Å². The third-order valence-electron chi connectivity index (χ3n) is 2.54. The van der Waals surface area contributed by atoms with Gasteiger partial charge in [0.1, 0.15) is 0 Å². The molecule has 0 spiro atoms. The number of nitrogens with zero attached hydrogens (tertiary/aromatic N) is 1. The number of hydrogen-bond acceptors (Lipinski definition) is 1. The largest absolute Gasteiger partial charge is 0.312 e. The lowest BCUT2D eigenvalue weighted by Crippen LogP contribution is -2.25. The summed E-state index contributed by atoms with van der Waals surface area (Å²) in [5, 5.41) is 0. The molecule has 1 aromatic rings. The van der Waals surface area contributed by atoms with Crippen molar-refractivity contribution in [3.63, 3.8) is 0 Å². The number of hydrogen-bond donors (Lipinski definition) is 0. The molecule has 1 aromatic carbocycles. The zero-order chi connectivity index (χ0) is 9.26. The Labute approximate surface area is 78.2 Å². The average molecular weight is 175 g/mol. The van der Waals surface area contributed by atoms with Crippen LogP contribution in [0.25, 0.3) is 0 Å². The summed E-state index contributed by atoms with van der Waals surface area (Å²) in [7, 11) is 0. The minimum Gasteiger partial charge on any atom is -0.312 e. The van der Waals surface area contributed by atoms with Gasteiger partial charge in [0.2, 0.25) is 5.91 Å². The maximum atomic E-state index is 11.6. The second-order valence-electron chi connectivity index (χ2n) is 3.52. The van der Waals surface area contributed by atoms with Crippen molar-refractivity contribution in [1.29, 1.82) is 0 Å². The lowest BCUT2D eigenvalue weighted by atomic mass is 10.1. The van der Waals surface area contributed by atoms with Gasteiger partial charge in [0.05, 0.1) is 0 Å². The fourth-order valence-corrected chi connectivity index (χ4v) is 1.69. The Balaban J connectivity index is 2.24. The monoisotopic (exact) mass is 175 g/mol. The molecular formula is C11H13NO. The molecule has 0 N–H and O–H groups in total. The predicted molar refractivity (Wildman–Crippen MR) is 52.6 cm³/mol. The van der Waals surface area contributed by atoms with Gasteiger partial charge < -0.3 is 4.90 Å². The van der Waals surface area contributed by atoms with Gasteiger partial charge in [0.25, 0.3) is 0 Å². The van der Waals surface area contributed by atoms with E-state index < -0.39 is 0 Å². The van der Waals surface area contributed by atoms with Crippen molar-refractivity contribution in [2.75, 3.05) is 11.4 Å². The molecule has 13 heavy (non-hydrogen) atoms. The second kappa shape index (κ2) is 3.21. The third kappa shape index (κ3) is 1.44. The summed E-state index contributed by atoms with van der Waals surface area (Å²) in [5.41, 5.74) is 1.02. The van der Waals surface area contributed by atoms with Gasteiger partial charge in [-0.05, 0) is 18.6 Å². The molecule has 0 radical (unpaired) electrons. The van der Waals surface area contributed by atoms with Crippen molar-refractivity contribution in [3.05, 3.63) is 30.3 Å². The number of para-hydroxylation sites is 1. The van der Waals surface area contributed by atoms with Crippen LogP contribution >= 0.6 is 0 Å². The summed E-state index contributed by atoms with van der Waals surface area (Å²) in [5.74, 6) is 0.450. The number of carbonyl (C=O) groups is 1. The zero-order valence-corrected chi connectivity index (χ0v) is 7.73. The van der Waals surface area contributed by atoms with Gasteiger partial charge in [-0.2, -0.15) is 0 Å². The first-order valence-electron chi connectivity index (χ1n) is 4.65. The quantitative estimate of drug-likeness (QED) is 0.639. The molecule has 1 saturated heterocycles. The van der Waals surface area contributed by atoms with Crippen LogP contribution in [0.4, 0.5) is 5.69 Å². The van der Waals surface area contributed by atoms with Crippen LogP contribution in [0, 0.1) is 5.92 Å². The van der Waals surface area contributed by atoms with E-state index in [1.807, 2.05) is 42.2 Å². The number of carbonyl (C=O) groups excluding carboxylic acids is 1. The number of benzene rings is 1. The molecule has 1 fully saturated rings. The molecule has 1 amide bonds. The van der Waals surface area contributed by atoms with E-state index in [1.54, 1.807) is 0 Å². The van der Waals surface area contributed by atoms with E-state index in [-0.39, 0.29) is 11.8 Å². The van der Waals surface area contributed by atoms with E-state index in [1.165, 1.54) is 0 Å². The van der Waals surface area contributed by atoms with Crippen molar-refractivity contribution < 1.29 is 4.79 Å². The summed E-state index contributed by atoms with van der Waals surface area (Å²) in [6.45, 7) is 2.86. The fraction of sp³-hybridized carbons (Fsp3) is 0.364. The standard InChI is InChI=1S/C11H13NO/c1-9-7-8-12(11(9)13)10-5-3-2-4-6-10/h2-6,9H,7-8H2,1H3. The molecule has 0 aromatic heterocycles. The molecule has 0 bridgehead atoms. The predicted octanol–water partition coefficient (Wildman–Crippen LogP) is 2.06. The Morgan fingerprint density at radius 1 is 1.31 bits per heavy atom. The van der Waals surface area contributed by atoms with Crippen LogP contribution < -0.4 is 4.90 Å². The Morgan fingerprint density at radius 3 is 2.54 bits per heavy atom. The molecule has 1 aliphatic rings. The molecule has 0 aliphatic carbocycles. The zero-order valence-electron chi connectivity index (χ0n) is 7.73. The summed E-state index contributed by atoms with van der Waals surface area (Å²) in [6.07, 6.45) is 0.980. The first-order chi connectivity index (χ1) is 6.29. The molecule has 2 heteroatoms. The van der Waals surface area contributed by atoms with E-state index in [9.17, 15) is 4.79 Å².